The van der Waals surface area contributed by atoms with Crippen molar-refractivity contribution in [2.24, 2.45) is 0 Å². The fourth-order valence-corrected chi connectivity index (χ4v) is 2.67. The molecule has 1 aromatic carbocycles. The van der Waals surface area contributed by atoms with Gasteiger partial charge in [-0.2, -0.15) is 0 Å². The van der Waals surface area contributed by atoms with E-state index in [1.54, 1.807) is 6.07 Å². The number of hydrogen-bond acceptors (Lipinski definition) is 2. The van der Waals surface area contributed by atoms with Gasteiger partial charge >= 0.3 is 6.09 Å². The first-order chi connectivity index (χ1) is 8.95. The number of hydrogen-bond donors (Lipinski definition) is 1. The maximum atomic E-state index is 13.2. The highest BCUT2D eigenvalue weighted by atomic mass is 35.5. The Kier molecular flexibility index (Phi) is 4.27. The van der Waals surface area contributed by atoms with Crippen LogP contribution < -0.4 is 0 Å². The summed E-state index contributed by atoms with van der Waals surface area (Å²) >= 11 is 5.82. The third kappa shape index (κ3) is 3.58. The van der Waals surface area contributed by atoms with Crippen LogP contribution in [0.1, 0.15) is 12.5 Å². The molecule has 0 radical (unpaired) electrons. The van der Waals surface area contributed by atoms with Crippen LogP contribution in [0, 0.1) is 5.82 Å². The van der Waals surface area contributed by atoms with Crippen LogP contribution in [0.4, 0.5) is 9.18 Å². The maximum Gasteiger partial charge on any atom is 0.407 e. The molecule has 0 bridgehead atoms. The molecule has 4 nitrogen and oxygen atoms in total. The van der Waals surface area contributed by atoms with E-state index in [-0.39, 0.29) is 11.9 Å². The van der Waals surface area contributed by atoms with Crippen molar-refractivity contribution in [2.75, 3.05) is 19.6 Å². The molecular formula is C13H16ClFN2O2. The van der Waals surface area contributed by atoms with Crippen LogP contribution >= 0.6 is 11.6 Å². The Morgan fingerprint density at radius 1 is 1.47 bits per heavy atom. The molecule has 0 spiro atoms. The summed E-state index contributed by atoms with van der Waals surface area (Å²) < 4.78 is 13.2. The number of halogens is 2. The molecular weight excluding hydrogens is 271 g/mol. The van der Waals surface area contributed by atoms with Gasteiger partial charge in [-0.05, 0) is 30.7 Å². The summed E-state index contributed by atoms with van der Waals surface area (Å²) in [6, 6.07) is 4.41. The summed E-state index contributed by atoms with van der Waals surface area (Å²) in [6.45, 7) is 4.21. The normalized spacial score (nSPS) is 20.6. The Balaban J connectivity index is 1.99. The lowest BCUT2D eigenvalue weighted by molar-refractivity contribution is 0.0711. The number of nitrogens with zero attached hydrogens (tertiary/aromatic N) is 2. The van der Waals surface area contributed by atoms with Crippen molar-refractivity contribution in [1.29, 1.82) is 0 Å². The summed E-state index contributed by atoms with van der Waals surface area (Å²) in [5.41, 5.74) is 0.806. The average molecular weight is 287 g/mol. The van der Waals surface area contributed by atoms with Gasteiger partial charge in [-0.25, -0.2) is 9.18 Å². The molecule has 0 aromatic heterocycles. The van der Waals surface area contributed by atoms with Crippen LogP contribution in [0.2, 0.25) is 5.02 Å². The van der Waals surface area contributed by atoms with E-state index in [0.29, 0.717) is 31.2 Å². The molecule has 19 heavy (non-hydrogen) atoms. The van der Waals surface area contributed by atoms with Crippen molar-refractivity contribution in [3.05, 3.63) is 34.6 Å². The molecule has 1 saturated heterocycles. The fraction of sp³-hybridized carbons (Fsp3) is 0.462. The molecule has 1 heterocycles. The topological polar surface area (TPSA) is 43.8 Å². The molecule has 6 heteroatoms. The Morgan fingerprint density at radius 3 is 2.79 bits per heavy atom. The number of carboxylic acid groups (broad SMARTS) is 1. The molecule has 1 amide bonds. The summed E-state index contributed by atoms with van der Waals surface area (Å²) in [7, 11) is 0. The van der Waals surface area contributed by atoms with Crippen LogP contribution in [0.15, 0.2) is 18.2 Å². The van der Waals surface area contributed by atoms with Crippen molar-refractivity contribution in [3.63, 3.8) is 0 Å². The second-order valence-electron chi connectivity index (χ2n) is 4.84. The van der Waals surface area contributed by atoms with Gasteiger partial charge in [-0.1, -0.05) is 11.6 Å². The van der Waals surface area contributed by atoms with Crippen molar-refractivity contribution in [2.45, 2.75) is 19.5 Å². The summed E-state index contributed by atoms with van der Waals surface area (Å²) in [6.07, 6.45) is -0.888. The number of amides is 1. The van der Waals surface area contributed by atoms with Crippen LogP contribution in [0.5, 0.6) is 0 Å². The minimum absolute atomic E-state index is 0.0599. The molecule has 1 fully saturated rings. The van der Waals surface area contributed by atoms with E-state index in [4.69, 9.17) is 16.7 Å². The SMILES string of the molecule is C[C@@H]1CN(Cc2cc(F)cc(Cl)c2)CCN1C(=O)O. The van der Waals surface area contributed by atoms with E-state index in [0.717, 1.165) is 5.56 Å². The second kappa shape index (κ2) is 5.75. The lowest BCUT2D eigenvalue weighted by Gasteiger charge is -2.38. The molecule has 1 atom stereocenters. The third-order valence-corrected chi connectivity index (χ3v) is 3.50. The van der Waals surface area contributed by atoms with Crippen LogP contribution in [-0.2, 0) is 6.54 Å². The molecule has 1 N–H and O–H groups in total. The lowest BCUT2D eigenvalue weighted by Crippen LogP contribution is -2.53. The van der Waals surface area contributed by atoms with Gasteiger partial charge < -0.3 is 10.0 Å². The van der Waals surface area contributed by atoms with Crippen LogP contribution in [0.3, 0.4) is 0 Å². The Morgan fingerprint density at radius 2 is 2.21 bits per heavy atom. The molecule has 1 aliphatic heterocycles. The van der Waals surface area contributed by atoms with E-state index in [2.05, 4.69) is 4.90 Å². The van der Waals surface area contributed by atoms with E-state index in [1.165, 1.54) is 17.0 Å². The van der Waals surface area contributed by atoms with Gasteiger partial charge in [0, 0.05) is 37.2 Å². The van der Waals surface area contributed by atoms with E-state index >= 15 is 0 Å². The number of piperazine rings is 1. The quantitative estimate of drug-likeness (QED) is 0.909. The summed E-state index contributed by atoms with van der Waals surface area (Å²) in [4.78, 5) is 14.5. The van der Waals surface area contributed by atoms with Crippen molar-refractivity contribution in [3.8, 4) is 0 Å². The zero-order valence-electron chi connectivity index (χ0n) is 10.6. The smallest absolute Gasteiger partial charge is 0.407 e. The van der Waals surface area contributed by atoms with Gasteiger partial charge in [0.25, 0.3) is 0 Å². The Hall–Kier alpha value is -1.33. The first kappa shape index (κ1) is 14.1. The largest absolute Gasteiger partial charge is 0.465 e. The fourth-order valence-electron chi connectivity index (χ4n) is 2.42. The number of benzene rings is 1. The first-order valence-corrected chi connectivity index (χ1v) is 6.50. The number of carbonyl (C=O) groups is 1. The van der Waals surface area contributed by atoms with Crippen molar-refractivity contribution >= 4 is 17.7 Å². The van der Waals surface area contributed by atoms with E-state index in [9.17, 15) is 9.18 Å². The zero-order valence-corrected chi connectivity index (χ0v) is 11.4. The molecule has 0 unspecified atom stereocenters. The minimum atomic E-state index is -0.888. The van der Waals surface area contributed by atoms with Gasteiger partial charge in [0.2, 0.25) is 0 Å². The van der Waals surface area contributed by atoms with Crippen molar-refractivity contribution < 1.29 is 14.3 Å². The predicted octanol–water partition coefficient (Wildman–Crippen LogP) is 2.66. The van der Waals surface area contributed by atoms with Gasteiger partial charge in [0.05, 0.1) is 0 Å². The van der Waals surface area contributed by atoms with Gasteiger partial charge in [0.1, 0.15) is 5.82 Å². The highest BCUT2D eigenvalue weighted by Gasteiger charge is 2.26. The van der Waals surface area contributed by atoms with E-state index in [1.807, 2.05) is 6.92 Å². The molecule has 0 saturated carbocycles. The molecule has 0 aliphatic carbocycles. The molecule has 104 valence electrons. The zero-order chi connectivity index (χ0) is 14.0. The van der Waals surface area contributed by atoms with E-state index < -0.39 is 6.09 Å². The van der Waals surface area contributed by atoms with Crippen LogP contribution in [-0.4, -0.2) is 46.7 Å². The number of rotatable bonds is 2. The van der Waals surface area contributed by atoms with Gasteiger partial charge in [-0.3, -0.25) is 4.90 Å². The predicted molar refractivity (Wildman–Crippen MR) is 70.9 cm³/mol. The molecule has 2 rings (SSSR count). The second-order valence-corrected chi connectivity index (χ2v) is 5.27. The summed E-state index contributed by atoms with van der Waals surface area (Å²) in [5.74, 6) is -0.347. The standard InChI is InChI=1S/C13H16ClFN2O2/c1-9-7-16(2-3-17(9)13(18)19)8-10-4-11(14)6-12(15)5-10/h4-6,9H,2-3,7-8H2,1H3,(H,18,19)/t9-/m1/s1. The Bertz CT molecular complexity index is 463. The van der Waals surface area contributed by atoms with Gasteiger partial charge in [0.15, 0.2) is 0 Å². The van der Waals surface area contributed by atoms with Gasteiger partial charge in [-0.15, -0.1) is 0 Å². The highest BCUT2D eigenvalue weighted by Crippen LogP contribution is 2.18. The average Bonchev–Trinajstić information content (AvgIpc) is 2.26. The third-order valence-electron chi connectivity index (χ3n) is 3.29. The first-order valence-electron chi connectivity index (χ1n) is 6.12. The Labute approximate surface area is 116 Å². The molecule has 1 aliphatic rings. The maximum absolute atomic E-state index is 13.2. The minimum Gasteiger partial charge on any atom is -0.465 e. The van der Waals surface area contributed by atoms with Crippen LogP contribution in [0.25, 0.3) is 0 Å². The van der Waals surface area contributed by atoms with Crippen molar-refractivity contribution in [1.82, 2.24) is 9.80 Å². The molecule has 1 aromatic rings. The summed E-state index contributed by atoms with van der Waals surface area (Å²) in [5, 5.41) is 9.38. The lowest BCUT2D eigenvalue weighted by atomic mass is 10.1. The monoisotopic (exact) mass is 286 g/mol. The highest BCUT2D eigenvalue weighted by molar-refractivity contribution is 6.30.